The summed E-state index contributed by atoms with van der Waals surface area (Å²) in [6.45, 7) is 6.39. The standard InChI is InChI=1S/C12H19N3O3/c1-5-18-11(16)10-7-14-12(15-9(10)3)13-6-8(2)17-4/h7-8H,5-6H2,1-4H3,(H,13,14,15). The van der Waals surface area contributed by atoms with Gasteiger partial charge in [0.2, 0.25) is 5.95 Å². The summed E-state index contributed by atoms with van der Waals surface area (Å²) in [5.74, 6) is 0.0799. The molecule has 0 fully saturated rings. The van der Waals surface area contributed by atoms with E-state index >= 15 is 0 Å². The van der Waals surface area contributed by atoms with E-state index in [9.17, 15) is 4.79 Å². The summed E-state index contributed by atoms with van der Waals surface area (Å²) in [5, 5.41) is 3.03. The molecule has 18 heavy (non-hydrogen) atoms. The minimum absolute atomic E-state index is 0.0682. The Morgan fingerprint density at radius 1 is 1.56 bits per heavy atom. The number of nitrogens with one attached hydrogen (secondary N) is 1. The van der Waals surface area contributed by atoms with Gasteiger partial charge in [-0.15, -0.1) is 0 Å². The quantitative estimate of drug-likeness (QED) is 0.773. The van der Waals surface area contributed by atoms with E-state index in [2.05, 4.69) is 15.3 Å². The second kappa shape index (κ2) is 6.90. The molecule has 0 aliphatic heterocycles. The molecule has 6 nitrogen and oxygen atoms in total. The first-order chi connectivity index (χ1) is 8.58. The minimum atomic E-state index is -0.396. The first-order valence-corrected chi connectivity index (χ1v) is 5.85. The van der Waals surface area contributed by atoms with E-state index in [0.717, 1.165) is 0 Å². The number of esters is 1. The van der Waals surface area contributed by atoms with Crippen molar-refractivity contribution in [2.75, 3.05) is 25.6 Å². The molecule has 1 rings (SSSR count). The van der Waals surface area contributed by atoms with Crippen molar-refractivity contribution in [2.24, 2.45) is 0 Å². The zero-order valence-electron chi connectivity index (χ0n) is 11.2. The van der Waals surface area contributed by atoms with Crippen molar-refractivity contribution in [2.45, 2.75) is 26.9 Å². The molecule has 0 bridgehead atoms. The minimum Gasteiger partial charge on any atom is -0.462 e. The molecular weight excluding hydrogens is 234 g/mol. The summed E-state index contributed by atoms with van der Waals surface area (Å²) in [6, 6.07) is 0. The molecule has 1 aromatic heterocycles. The van der Waals surface area contributed by atoms with Gasteiger partial charge in [-0.1, -0.05) is 0 Å². The van der Waals surface area contributed by atoms with Gasteiger partial charge in [-0.05, 0) is 20.8 Å². The molecule has 1 unspecified atom stereocenters. The van der Waals surface area contributed by atoms with Crippen molar-refractivity contribution in [3.63, 3.8) is 0 Å². The number of ether oxygens (including phenoxy) is 2. The molecule has 0 amide bonds. The molecule has 100 valence electrons. The highest BCUT2D eigenvalue weighted by atomic mass is 16.5. The van der Waals surface area contributed by atoms with Crippen molar-refractivity contribution < 1.29 is 14.3 Å². The summed E-state index contributed by atoms with van der Waals surface area (Å²) in [4.78, 5) is 19.8. The van der Waals surface area contributed by atoms with Crippen molar-refractivity contribution >= 4 is 11.9 Å². The fourth-order valence-corrected chi connectivity index (χ4v) is 1.28. The maximum Gasteiger partial charge on any atom is 0.341 e. The number of carbonyl (C=O) groups is 1. The predicted octanol–water partition coefficient (Wildman–Crippen LogP) is 1.41. The Kier molecular flexibility index (Phi) is 5.51. The van der Waals surface area contributed by atoms with Crippen LogP contribution < -0.4 is 5.32 Å². The number of anilines is 1. The van der Waals surface area contributed by atoms with Gasteiger partial charge in [0.1, 0.15) is 0 Å². The molecule has 1 N–H and O–H groups in total. The fourth-order valence-electron chi connectivity index (χ4n) is 1.28. The van der Waals surface area contributed by atoms with Crippen molar-refractivity contribution in [3.05, 3.63) is 17.5 Å². The number of rotatable bonds is 6. The van der Waals surface area contributed by atoms with Crippen molar-refractivity contribution in [1.82, 2.24) is 9.97 Å². The Bertz CT molecular complexity index is 410. The van der Waals surface area contributed by atoms with Gasteiger partial charge in [-0.25, -0.2) is 14.8 Å². The van der Waals surface area contributed by atoms with Crippen LogP contribution in [0.25, 0.3) is 0 Å². The van der Waals surface area contributed by atoms with Crippen LogP contribution in [0.3, 0.4) is 0 Å². The molecule has 1 aromatic rings. The molecule has 0 aromatic carbocycles. The van der Waals surface area contributed by atoms with E-state index in [-0.39, 0.29) is 6.10 Å². The maximum absolute atomic E-state index is 11.5. The zero-order valence-corrected chi connectivity index (χ0v) is 11.2. The van der Waals surface area contributed by atoms with Crippen molar-refractivity contribution in [3.8, 4) is 0 Å². The van der Waals surface area contributed by atoms with Crippen LogP contribution >= 0.6 is 0 Å². The van der Waals surface area contributed by atoms with Crippen LogP contribution in [0, 0.1) is 6.92 Å². The summed E-state index contributed by atoms with van der Waals surface area (Å²) in [6.07, 6.45) is 1.54. The summed E-state index contributed by atoms with van der Waals surface area (Å²) in [5.41, 5.74) is 0.984. The fraction of sp³-hybridized carbons (Fsp3) is 0.583. The lowest BCUT2D eigenvalue weighted by molar-refractivity contribution is 0.0524. The summed E-state index contributed by atoms with van der Waals surface area (Å²) >= 11 is 0. The van der Waals surface area contributed by atoms with Crippen LogP contribution in [0.5, 0.6) is 0 Å². The van der Waals surface area contributed by atoms with Crippen LogP contribution in [0.2, 0.25) is 0 Å². The van der Waals surface area contributed by atoms with Crippen molar-refractivity contribution in [1.29, 1.82) is 0 Å². The smallest absolute Gasteiger partial charge is 0.341 e. The highest BCUT2D eigenvalue weighted by Gasteiger charge is 2.12. The van der Waals surface area contributed by atoms with Crippen LogP contribution in [-0.2, 0) is 9.47 Å². The Balaban J connectivity index is 2.70. The molecule has 1 atom stereocenters. The van der Waals surface area contributed by atoms with Gasteiger partial charge in [0.05, 0.1) is 24.0 Å². The molecule has 0 spiro atoms. The van der Waals surface area contributed by atoms with Gasteiger partial charge in [-0.2, -0.15) is 0 Å². The number of methoxy groups -OCH3 is 1. The molecule has 0 aliphatic rings. The summed E-state index contributed by atoms with van der Waals surface area (Å²) < 4.78 is 10.0. The van der Waals surface area contributed by atoms with Gasteiger partial charge >= 0.3 is 5.97 Å². The summed E-state index contributed by atoms with van der Waals surface area (Å²) in [7, 11) is 1.64. The van der Waals surface area contributed by atoms with E-state index in [1.807, 2.05) is 6.92 Å². The Morgan fingerprint density at radius 2 is 2.28 bits per heavy atom. The normalized spacial score (nSPS) is 12.0. The number of nitrogens with zero attached hydrogens (tertiary/aromatic N) is 2. The molecule has 1 heterocycles. The zero-order chi connectivity index (χ0) is 13.5. The second-order valence-electron chi connectivity index (χ2n) is 3.84. The molecule has 0 saturated heterocycles. The highest BCUT2D eigenvalue weighted by molar-refractivity contribution is 5.90. The number of aromatic nitrogens is 2. The lowest BCUT2D eigenvalue weighted by atomic mass is 10.2. The van der Waals surface area contributed by atoms with Crippen LogP contribution in [0.4, 0.5) is 5.95 Å². The van der Waals surface area contributed by atoms with E-state index < -0.39 is 5.97 Å². The molecule has 6 heteroatoms. The third kappa shape index (κ3) is 3.96. The predicted molar refractivity (Wildman–Crippen MR) is 67.7 cm³/mol. The monoisotopic (exact) mass is 253 g/mol. The highest BCUT2D eigenvalue weighted by Crippen LogP contribution is 2.08. The molecule has 0 radical (unpaired) electrons. The number of aryl methyl sites for hydroxylation is 1. The second-order valence-corrected chi connectivity index (χ2v) is 3.84. The van der Waals surface area contributed by atoms with Crippen LogP contribution in [-0.4, -0.2) is 42.3 Å². The third-order valence-corrected chi connectivity index (χ3v) is 2.42. The van der Waals surface area contributed by atoms with Crippen LogP contribution in [0.15, 0.2) is 6.20 Å². The van der Waals surface area contributed by atoms with Gasteiger partial charge in [-0.3, -0.25) is 0 Å². The molecular formula is C12H19N3O3. The Labute approximate surface area is 107 Å². The van der Waals surface area contributed by atoms with Gasteiger partial charge in [0.25, 0.3) is 0 Å². The average Bonchev–Trinajstić information content (AvgIpc) is 2.36. The first kappa shape index (κ1) is 14.4. The average molecular weight is 253 g/mol. The first-order valence-electron chi connectivity index (χ1n) is 5.85. The van der Waals surface area contributed by atoms with E-state index in [1.165, 1.54) is 6.20 Å². The Morgan fingerprint density at radius 3 is 2.83 bits per heavy atom. The maximum atomic E-state index is 11.5. The molecule has 0 aliphatic carbocycles. The molecule has 0 saturated carbocycles. The van der Waals surface area contributed by atoms with Crippen LogP contribution in [0.1, 0.15) is 29.9 Å². The number of hydrogen-bond donors (Lipinski definition) is 1. The lowest BCUT2D eigenvalue weighted by Gasteiger charge is -2.11. The van der Waals surface area contributed by atoms with E-state index in [4.69, 9.17) is 9.47 Å². The van der Waals surface area contributed by atoms with Gasteiger partial charge in [0, 0.05) is 19.9 Å². The van der Waals surface area contributed by atoms with E-state index in [1.54, 1.807) is 21.0 Å². The SMILES string of the molecule is CCOC(=O)c1cnc(NCC(C)OC)nc1C. The third-order valence-electron chi connectivity index (χ3n) is 2.42. The van der Waals surface area contributed by atoms with E-state index in [0.29, 0.717) is 30.4 Å². The largest absolute Gasteiger partial charge is 0.462 e. The Hall–Kier alpha value is -1.69. The number of hydrogen-bond acceptors (Lipinski definition) is 6. The number of carbonyl (C=O) groups excluding carboxylic acids is 1. The van der Waals surface area contributed by atoms with Gasteiger partial charge < -0.3 is 14.8 Å². The lowest BCUT2D eigenvalue weighted by Crippen LogP contribution is -2.20. The van der Waals surface area contributed by atoms with Gasteiger partial charge in [0.15, 0.2) is 0 Å². The topological polar surface area (TPSA) is 73.3 Å².